The number of esters is 2. The molecule has 0 aliphatic carbocycles. The van der Waals surface area contributed by atoms with Crippen LogP contribution in [-0.4, -0.2) is 41.0 Å². The van der Waals surface area contributed by atoms with Gasteiger partial charge in [0, 0.05) is 17.1 Å². The number of carbonyl (C=O) groups excluding carboxylic acids is 3. The Morgan fingerprint density at radius 2 is 1.80 bits per heavy atom. The zero-order chi connectivity index (χ0) is 21.5. The van der Waals surface area contributed by atoms with Crippen molar-refractivity contribution in [3.63, 3.8) is 0 Å². The maximum Gasteiger partial charge on any atom is 0.359 e. The van der Waals surface area contributed by atoms with Gasteiger partial charge < -0.3 is 14.8 Å². The average molecular weight is 425 g/mol. The summed E-state index contributed by atoms with van der Waals surface area (Å²) < 4.78 is 10.1. The van der Waals surface area contributed by atoms with E-state index in [2.05, 4.69) is 15.3 Å². The van der Waals surface area contributed by atoms with E-state index in [4.69, 9.17) is 9.47 Å². The van der Waals surface area contributed by atoms with Gasteiger partial charge in [-0.2, -0.15) is 0 Å². The number of rotatable bonds is 7. The second-order valence-corrected chi connectivity index (χ2v) is 6.99. The predicted molar refractivity (Wildman–Crippen MR) is 111 cm³/mol. The second-order valence-electron chi connectivity index (χ2n) is 6.11. The van der Waals surface area contributed by atoms with E-state index >= 15 is 0 Å². The van der Waals surface area contributed by atoms with Crippen molar-refractivity contribution < 1.29 is 23.9 Å². The molecule has 0 saturated heterocycles. The van der Waals surface area contributed by atoms with Crippen LogP contribution in [0.15, 0.2) is 48.1 Å². The summed E-state index contributed by atoms with van der Waals surface area (Å²) in [5.41, 5.74) is 2.39. The third-order valence-corrected chi connectivity index (χ3v) is 4.83. The molecule has 0 radical (unpaired) electrons. The van der Waals surface area contributed by atoms with E-state index < -0.39 is 24.5 Å². The Labute approximate surface area is 176 Å². The number of amides is 1. The summed E-state index contributed by atoms with van der Waals surface area (Å²) in [5.74, 6) is -1.89. The average Bonchev–Trinajstić information content (AvgIpc) is 3.17. The molecule has 0 fully saturated rings. The summed E-state index contributed by atoms with van der Waals surface area (Å²) in [7, 11) is 0. The molecule has 2 heterocycles. The molecule has 1 aromatic carbocycles. The molecule has 3 rings (SSSR count). The first-order chi connectivity index (χ1) is 14.5. The number of nitrogens with zero attached hydrogens (tertiary/aromatic N) is 2. The molecule has 0 unspecified atom stereocenters. The minimum atomic E-state index is -0.764. The molecule has 0 aliphatic rings. The van der Waals surface area contributed by atoms with E-state index in [-0.39, 0.29) is 17.9 Å². The summed E-state index contributed by atoms with van der Waals surface area (Å²) in [6.07, 6.45) is 2.71. The van der Waals surface area contributed by atoms with Crippen LogP contribution in [0.25, 0.3) is 11.1 Å². The lowest BCUT2D eigenvalue weighted by atomic mass is 10.0. The number of hydrogen-bond donors (Lipinski definition) is 1. The Balaban J connectivity index is 1.73. The molecule has 3 aromatic rings. The zero-order valence-electron chi connectivity index (χ0n) is 16.4. The Hall–Kier alpha value is -3.59. The highest BCUT2D eigenvalue weighted by Gasteiger charge is 2.23. The molecule has 154 valence electrons. The van der Waals surface area contributed by atoms with Gasteiger partial charge in [0.15, 0.2) is 12.3 Å². The lowest BCUT2D eigenvalue weighted by Crippen LogP contribution is -2.22. The summed E-state index contributed by atoms with van der Waals surface area (Å²) >= 11 is 1.19. The first-order valence-electron chi connectivity index (χ1n) is 9.09. The van der Waals surface area contributed by atoms with Crippen LogP contribution in [0.3, 0.4) is 0 Å². The van der Waals surface area contributed by atoms with Gasteiger partial charge in [0.25, 0.3) is 5.91 Å². The number of nitrogens with one attached hydrogen (secondary N) is 1. The van der Waals surface area contributed by atoms with Gasteiger partial charge in [0.1, 0.15) is 10.6 Å². The van der Waals surface area contributed by atoms with Crippen molar-refractivity contribution in [2.24, 2.45) is 0 Å². The van der Waals surface area contributed by atoms with Gasteiger partial charge in [-0.3, -0.25) is 9.78 Å². The Morgan fingerprint density at radius 3 is 2.47 bits per heavy atom. The number of benzene rings is 1. The molecule has 0 atom stereocenters. The molecule has 0 bridgehead atoms. The van der Waals surface area contributed by atoms with E-state index in [0.29, 0.717) is 16.3 Å². The second kappa shape index (κ2) is 9.75. The first kappa shape index (κ1) is 21.1. The molecular formula is C21H19N3O5S. The summed E-state index contributed by atoms with van der Waals surface area (Å²) in [5, 5.41) is 4.71. The first-order valence-corrected chi connectivity index (χ1v) is 9.97. The Morgan fingerprint density at radius 1 is 1.03 bits per heavy atom. The highest BCUT2D eigenvalue weighted by molar-refractivity contribution is 7.15. The van der Waals surface area contributed by atoms with Crippen LogP contribution in [0.5, 0.6) is 0 Å². The molecule has 0 saturated carbocycles. The summed E-state index contributed by atoms with van der Waals surface area (Å²) in [6, 6.07) is 9.30. The smallest absolute Gasteiger partial charge is 0.359 e. The number of anilines is 1. The van der Waals surface area contributed by atoms with Crippen LogP contribution in [-0.2, 0) is 14.3 Å². The lowest BCUT2D eigenvalue weighted by Gasteiger charge is -2.09. The van der Waals surface area contributed by atoms with E-state index in [0.717, 1.165) is 5.56 Å². The third kappa shape index (κ3) is 5.06. The van der Waals surface area contributed by atoms with Crippen molar-refractivity contribution in [2.45, 2.75) is 13.8 Å². The summed E-state index contributed by atoms with van der Waals surface area (Å²) in [6.45, 7) is 3.11. The Bertz CT molecular complexity index is 1050. The Kier molecular flexibility index (Phi) is 6.87. The van der Waals surface area contributed by atoms with Crippen LogP contribution in [0.1, 0.15) is 33.5 Å². The van der Waals surface area contributed by atoms with E-state index in [9.17, 15) is 14.4 Å². The fourth-order valence-electron chi connectivity index (χ4n) is 2.55. The van der Waals surface area contributed by atoms with E-state index in [1.807, 2.05) is 30.3 Å². The minimum Gasteiger partial charge on any atom is -0.462 e. The minimum absolute atomic E-state index is 0.00287. The van der Waals surface area contributed by atoms with Crippen molar-refractivity contribution in [1.29, 1.82) is 0 Å². The molecule has 1 N–H and O–H groups in total. The number of ether oxygens (including phenoxy) is 2. The fraction of sp³-hybridized carbons (Fsp3) is 0.190. The molecule has 2 aromatic heterocycles. The van der Waals surface area contributed by atoms with Gasteiger partial charge in [0.2, 0.25) is 0 Å². The van der Waals surface area contributed by atoms with Crippen molar-refractivity contribution in [2.75, 3.05) is 18.5 Å². The van der Waals surface area contributed by atoms with Gasteiger partial charge in [0.05, 0.1) is 18.5 Å². The van der Waals surface area contributed by atoms with Crippen LogP contribution in [0.2, 0.25) is 0 Å². The standard InChI is InChI=1S/C21H19N3O5S/c1-3-28-21(27)18-15(14-7-5-4-6-8-14)12-30-19(18)24-17(25)11-29-20(26)16-10-22-13(2)9-23-16/h4-10,12H,3,11H2,1-2H3,(H,24,25). The monoisotopic (exact) mass is 425 g/mol. The quantitative estimate of drug-likeness (QED) is 0.577. The van der Waals surface area contributed by atoms with Gasteiger partial charge >= 0.3 is 11.9 Å². The topological polar surface area (TPSA) is 107 Å². The number of carbonyl (C=O) groups is 3. The normalized spacial score (nSPS) is 10.3. The largest absolute Gasteiger partial charge is 0.462 e. The number of aromatic nitrogens is 2. The molecule has 0 spiro atoms. The van der Waals surface area contributed by atoms with Crippen molar-refractivity contribution in [3.8, 4) is 11.1 Å². The maximum absolute atomic E-state index is 12.5. The van der Waals surface area contributed by atoms with Gasteiger partial charge in [-0.15, -0.1) is 11.3 Å². The van der Waals surface area contributed by atoms with E-state index in [1.165, 1.54) is 23.7 Å². The molecule has 9 heteroatoms. The number of aryl methyl sites for hydroxylation is 1. The van der Waals surface area contributed by atoms with Gasteiger partial charge in [-0.05, 0) is 19.4 Å². The fourth-order valence-corrected chi connectivity index (χ4v) is 3.53. The highest BCUT2D eigenvalue weighted by atomic mass is 32.1. The molecule has 0 aliphatic heterocycles. The van der Waals surface area contributed by atoms with Crippen LogP contribution < -0.4 is 5.32 Å². The van der Waals surface area contributed by atoms with Gasteiger partial charge in [-0.25, -0.2) is 14.6 Å². The van der Waals surface area contributed by atoms with Crippen LogP contribution in [0.4, 0.5) is 5.00 Å². The molecule has 30 heavy (non-hydrogen) atoms. The van der Waals surface area contributed by atoms with Crippen LogP contribution in [0, 0.1) is 6.92 Å². The molecule has 8 nitrogen and oxygen atoms in total. The van der Waals surface area contributed by atoms with E-state index in [1.54, 1.807) is 19.2 Å². The summed E-state index contributed by atoms with van der Waals surface area (Å²) in [4.78, 5) is 44.7. The van der Waals surface area contributed by atoms with Crippen molar-refractivity contribution >= 4 is 34.2 Å². The van der Waals surface area contributed by atoms with Crippen molar-refractivity contribution in [3.05, 3.63) is 65.1 Å². The SMILES string of the molecule is CCOC(=O)c1c(-c2ccccc2)csc1NC(=O)COC(=O)c1cnc(C)cn1. The molecule has 1 amide bonds. The third-order valence-electron chi connectivity index (χ3n) is 3.93. The highest BCUT2D eigenvalue weighted by Crippen LogP contribution is 2.36. The van der Waals surface area contributed by atoms with Crippen LogP contribution >= 0.6 is 11.3 Å². The predicted octanol–water partition coefficient (Wildman–Crippen LogP) is 3.49. The molecular weight excluding hydrogens is 406 g/mol. The zero-order valence-corrected chi connectivity index (χ0v) is 17.2. The lowest BCUT2D eigenvalue weighted by molar-refractivity contribution is -0.119. The number of thiophene rings is 1. The van der Waals surface area contributed by atoms with Gasteiger partial charge in [-0.1, -0.05) is 30.3 Å². The maximum atomic E-state index is 12.5. The number of hydrogen-bond acceptors (Lipinski definition) is 8. The van der Waals surface area contributed by atoms with Crippen molar-refractivity contribution in [1.82, 2.24) is 9.97 Å².